The number of nitrogens with zero attached hydrogens (tertiary/aromatic N) is 1. The average molecular weight is 356 g/mol. The Bertz CT molecular complexity index is 945. The van der Waals surface area contributed by atoms with E-state index in [0.717, 1.165) is 16.0 Å². The summed E-state index contributed by atoms with van der Waals surface area (Å²) in [5.41, 5.74) is 0.789. The van der Waals surface area contributed by atoms with E-state index in [4.69, 9.17) is 4.74 Å². The highest BCUT2D eigenvalue weighted by molar-refractivity contribution is 7.14. The van der Waals surface area contributed by atoms with Gasteiger partial charge in [0.2, 0.25) is 5.91 Å². The number of carbonyl (C=O) groups excluding carboxylic acids is 1. The molecule has 6 heteroatoms. The third-order valence-corrected chi connectivity index (χ3v) is 5.30. The molecule has 0 radical (unpaired) electrons. The summed E-state index contributed by atoms with van der Waals surface area (Å²) in [6.45, 7) is 2.27. The fourth-order valence-electron chi connectivity index (χ4n) is 2.80. The zero-order chi connectivity index (χ0) is 17.8. The molecular formula is C19H20N2O3S. The summed E-state index contributed by atoms with van der Waals surface area (Å²) in [5.74, 6) is 0.567. The topological polar surface area (TPSA) is 60.3 Å². The van der Waals surface area contributed by atoms with E-state index in [1.165, 1.54) is 11.5 Å². The molecule has 1 amide bonds. The van der Waals surface area contributed by atoms with E-state index >= 15 is 0 Å². The highest BCUT2D eigenvalue weighted by atomic mass is 32.1. The molecule has 0 saturated carbocycles. The third-order valence-electron chi connectivity index (χ3n) is 4.13. The highest BCUT2D eigenvalue weighted by Gasteiger charge is 2.22. The van der Waals surface area contributed by atoms with Gasteiger partial charge in [0.25, 0.3) is 5.56 Å². The van der Waals surface area contributed by atoms with Crippen LogP contribution in [-0.2, 0) is 11.3 Å². The van der Waals surface area contributed by atoms with Crippen LogP contribution in [0.5, 0.6) is 5.75 Å². The lowest BCUT2D eigenvalue weighted by Gasteiger charge is -2.16. The molecule has 25 heavy (non-hydrogen) atoms. The quantitative estimate of drug-likeness (QED) is 0.737. The Hall–Kier alpha value is -2.60. The lowest BCUT2D eigenvalue weighted by Crippen LogP contribution is -2.34. The van der Waals surface area contributed by atoms with Gasteiger partial charge in [0.1, 0.15) is 11.8 Å². The van der Waals surface area contributed by atoms with E-state index in [1.54, 1.807) is 17.1 Å². The average Bonchev–Trinajstić information content (AvgIpc) is 2.98. The second-order valence-corrected chi connectivity index (χ2v) is 6.69. The molecule has 2 aromatic carbocycles. The molecular weight excluding hydrogens is 336 g/mol. The summed E-state index contributed by atoms with van der Waals surface area (Å²) in [6, 6.07) is 14.5. The molecule has 1 atom stereocenters. The molecule has 0 spiro atoms. The lowest BCUT2D eigenvalue weighted by atomic mass is 10.1. The monoisotopic (exact) mass is 356 g/mol. The maximum absolute atomic E-state index is 12.7. The number of carbonyl (C=O) groups is 1. The molecule has 0 aliphatic carbocycles. The standard InChI is InChI=1S/C19H20N2O3S/c1-3-15(21-19(23)14-9-5-7-11-17(14)25-21)18(22)20-12-13-8-4-6-10-16(13)24-2/h4-11,15H,3,12H2,1-2H3,(H,20,22)/t15-/m0/s1. The Morgan fingerprint density at radius 1 is 1.20 bits per heavy atom. The molecule has 0 unspecified atom stereocenters. The van der Waals surface area contributed by atoms with Crippen LogP contribution in [-0.4, -0.2) is 17.0 Å². The van der Waals surface area contributed by atoms with Crippen LogP contribution in [0.1, 0.15) is 24.9 Å². The lowest BCUT2D eigenvalue weighted by molar-refractivity contribution is -0.124. The minimum atomic E-state index is -0.514. The number of amides is 1. The van der Waals surface area contributed by atoms with E-state index < -0.39 is 6.04 Å². The molecule has 130 valence electrons. The van der Waals surface area contributed by atoms with Crippen LogP contribution in [0.2, 0.25) is 0 Å². The molecule has 1 N–H and O–H groups in total. The Morgan fingerprint density at radius 2 is 1.92 bits per heavy atom. The molecule has 5 nitrogen and oxygen atoms in total. The third kappa shape index (κ3) is 3.44. The van der Waals surface area contributed by atoms with Crippen LogP contribution in [0.15, 0.2) is 53.3 Å². The number of hydrogen-bond donors (Lipinski definition) is 1. The Kier molecular flexibility index (Phi) is 5.19. The van der Waals surface area contributed by atoms with Gasteiger partial charge < -0.3 is 10.1 Å². The van der Waals surface area contributed by atoms with Crippen molar-refractivity contribution < 1.29 is 9.53 Å². The first-order chi connectivity index (χ1) is 12.2. The van der Waals surface area contributed by atoms with Gasteiger partial charge in [-0.1, -0.05) is 48.8 Å². The van der Waals surface area contributed by atoms with Crippen LogP contribution in [0, 0.1) is 0 Å². The minimum Gasteiger partial charge on any atom is -0.496 e. The first-order valence-corrected chi connectivity index (χ1v) is 8.93. The molecule has 0 bridgehead atoms. The van der Waals surface area contributed by atoms with Gasteiger partial charge in [-0.3, -0.25) is 13.5 Å². The van der Waals surface area contributed by atoms with Gasteiger partial charge in [0.15, 0.2) is 0 Å². The number of para-hydroxylation sites is 1. The van der Waals surface area contributed by atoms with Gasteiger partial charge in [-0.2, -0.15) is 0 Å². The molecule has 1 aromatic heterocycles. The van der Waals surface area contributed by atoms with Crippen molar-refractivity contribution in [3.63, 3.8) is 0 Å². The fraction of sp³-hybridized carbons (Fsp3) is 0.263. The van der Waals surface area contributed by atoms with Crippen LogP contribution in [0.25, 0.3) is 10.1 Å². The zero-order valence-corrected chi connectivity index (χ0v) is 15.0. The van der Waals surface area contributed by atoms with Crippen molar-refractivity contribution in [2.24, 2.45) is 0 Å². The van der Waals surface area contributed by atoms with E-state index in [1.807, 2.05) is 49.4 Å². The Morgan fingerprint density at radius 3 is 2.64 bits per heavy atom. The zero-order valence-electron chi connectivity index (χ0n) is 14.2. The number of rotatable bonds is 6. The smallest absolute Gasteiger partial charge is 0.269 e. The second kappa shape index (κ2) is 7.53. The van der Waals surface area contributed by atoms with E-state index in [-0.39, 0.29) is 11.5 Å². The minimum absolute atomic E-state index is 0.111. The van der Waals surface area contributed by atoms with Crippen LogP contribution in [0.4, 0.5) is 0 Å². The highest BCUT2D eigenvalue weighted by Crippen LogP contribution is 2.22. The van der Waals surface area contributed by atoms with Gasteiger partial charge in [-0.25, -0.2) is 0 Å². The summed E-state index contributed by atoms with van der Waals surface area (Å²) in [4.78, 5) is 25.3. The molecule has 0 aliphatic heterocycles. The number of hydrogen-bond acceptors (Lipinski definition) is 4. The van der Waals surface area contributed by atoms with Crippen molar-refractivity contribution in [2.75, 3.05) is 7.11 Å². The summed E-state index contributed by atoms with van der Waals surface area (Å²) in [5, 5.41) is 3.58. The second-order valence-electron chi connectivity index (χ2n) is 5.67. The number of methoxy groups -OCH3 is 1. The van der Waals surface area contributed by atoms with Gasteiger partial charge in [-0.15, -0.1) is 0 Å². The van der Waals surface area contributed by atoms with Crippen LogP contribution in [0.3, 0.4) is 0 Å². The summed E-state index contributed by atoms with van der Waals surface area (Å²) in [6.07, 6.45) is 0.546. The molecule has 0 aliphatic rings. The van der Waals surface area contributed by atoms with Gasteiger partial charge in [0.05, 0.1) is 17.2 Å². The normalized spacial score (nSPS) is 12.1. The van der Waals surface area contributed by atoms with E-state index in [0.29, 0.717) is 18.4 Å². The number of nitrogens with one attached hydrogen (secondary N) is 1. The molecule has 0 fully saturated rings. The van der Waals surface area contributed by atoms with Gasteiger partial charge >= 0.3 is 0 Å². The largest absolute Gasteiger partial charge is 0.496 e. The first kappa shape index (κ1) is 17.2. The number of ether oxygens (including phenoxy) is 1. The Balaban J connectivity index is 1.81. The van der Waals surface area contributed by atoms with Gasteiger partial charge in [-0.05, 0) is 24.6 Å². The summed E-state index contributed by atoms with van der Waals surface area (Å²) >= 11 is 1.33. The van der Waals surface area contributed by atoms with Crippen molar-refractivity contribution in [1.82, 2.24) is 9.27 Å². The Labute approximate surface area is 150 Å². The number of fused-ring (bicyclic) bond motifs is 1. The van der Waals surface area contributed by atoms with Crippen molar-refractivity contribution >= 4 is 27.5 Å². The van der Waals surface area contributed by atoms with Crippen molar-refractivity contribution in [3.8, 4) is 5.75 Å². The maximum atomic E-state index is 12.7. The van der Waals surface area contributed by atoms with Crippen LogP contribution >= 0.6 is 11.5 Å². The van der Waals surface area contributed by atoms with E-state index in [9.17, 15) is 9.59 Å². The predicted molar refractivity (Wildman–Crippen MR) is 100 cm³/mol. The summed E-state index contributed by atoms with van der Waals surface area (Å²) < 4.78 is 7.77. The molecule has 0 saturated heterocycles. The predicted octanol–water partition coefficient (Wildman–Crippen LogP) is 3.34. The number of aromatic nitrogens is 1. The SMILES string of the molecule is CC[C@@H](C(=O)NCc1ccccc1OC)n1sc2ccccc2c1=O. The van der Waals surface area contributed by atoms with Crippen LogP contribution < -0.4 is 15.6 Å². The molecule has 1 heterocycles. The van der Waals surface area contributed by atoms with Gasteiger partial charge in [0, 0.05) is 12.1 Å². The van der Waals surface area contributed by atoms with E-state index in [2.05, 4.69) is 5.32 Å². The van der Waals surface area contributed by atoms with Crippen molar-refractivity contribution in [3.05, 3.63) is 64.4 Å². The molecule has 3 aromatic rings. The fourth-order valence-corrected chi connectivity index (χ4v) is 3.96. The maximum Gasteiger partial charge on any atom is 0.269 e. The summed E-state index contributed by atoms with van der Waals surface area (Å²) in [7, 11) is 1.60. The molecule has 3 rings (SSSR count). The van der Waals surface area contributed by atoms with Crippen molar-refractivity contribution in [1.29, 1.82) is 0 Å². The number of benzene rings is 2. The first-order valence-electron chi connectivity index (χ1n) is 8.15. The van der Waals surface area contributed by atoms with Crippen molar-refractivity contribution in [2.45, 2.75) is 25.9 Å².